The summed E-state index contributed by atoms with van der Waals surface area (Å²) in [5.41, 5.74) is 1.24. The molecule has 0 spiro atoms. The molecule has 0 aromatic rings. The van der Waals surface area contributed by atoms with E-state index >= 15 is 0 Å². The number of epoxide rings is 1. The third-order valence-electron chi connectivity index (χ3n) is 5.74. The first-order chi connectivity index (χ1) is 13.7. The first kappa shape index (κ1) is 23.6. The number of hydrogen-bond donors (Lipinski definition) is 0. The third-order valence-corrected chi connectivity index (χ3v) is 10.4. The molecule has 0 unspecified atom stereocenters. The van der Waals surface area contributed by atoms with Crippen molar-refractivity contribution in [2.24, 2.45) is 0 Å². The van der Waals surface area contributed by atoms with Crippen LogP contribution in [0.15, 0.2) is 11.1 Å². The molecule has 9 heteroatoms. The molecule has 1 saturated heterocycles. The van der Waals surface area contributed by atoms with Crippen LogP contribution in [-0.4, -0.2) is 63.9 Å². The van der Waals surface area contributed by atoms with Gasteiger partial charge in [0.15, 0.2) is 20.5 Å². The van der Waals surface area contributed by atoms with E-state index in [1.165, 1.54) is 20.8 Å². The Balaban J connectivity index is 2.42. The summed E-state index contributed by atoms with van der Waals surface area (Å²) in [6, 6.07) is 2.88. The molecule has 1 heterocycles. The number of rotatable bonds is 10. The summed E-state index contributed by atoms with van der Waals surface area (Å²) in [6.45, 7) is 10.5. The van der Waals surface area contributed by atoms with Crippen molar-refractivity contribution < 1.29 is 37.8 Å². The van der Waals surface area contributed by atoms with Crippen LogP contribution in [0.3, 0.4) is 0 Å². The van der Waals surface area contributed by atoms with Gasteiger partial charge in [0.2, 0.25) is 0 Å². The summed E-state index contributed by atoms with van der Waals surface area (Å²) in [5, 5.41) is 0. The van der Waals surface area contributed by atoms with Crippen LogP contribution in [0.2, 0.25) is 18.1 Å². The van der Waals surface area contributed by atoms with Crippen molar-refractivity contribution in [3.63, 3.8) is 0 Å². The van der Waals surface area contributed by atoms with Gasteiger partial charge in [-0.15, -0.1) is 0 Å². The van der Waals surface area contributed by atoms with Gasteiger partial charge >= 0.3 is 17.9 Å². The quantitative estimate of drug-likeness (QED) is 0.172. The van der Waals surface area contributed by atoms with Crippen molar-refractivity contribution in [2.45, 2.75) is 84.1 Å². The fourth-order valence-corrected chi connectivity index (χ4v) is 6.41. The number of esters is 3. The van der Waals surface area contributed by atoms with Crippen molar-refractivity contribution in [2.75, 3.05) is 13.2 Å². The Morgan fingerprint density at radius 1 is 0.793 bits per heavy atom. The summed E-state index contributed by atoms with van der Waals surface area (Å²) in [7, 11) is -1.94. The second kappa shape index (κ2) is 9.86. The van der Waals surface area contributed by atoms with Crippen LogP contribution in [-0.2, 0) is 37.8 Å². The zero-order valence-corrected chi connectivity index (χ0v) is 19.1. The number of carbonyl (C=O) groups is 3. The molecular weight excluding hydrogens is 396 g/mol. The Morgan fingerprint density at radius 2 is 1.24 bits per heavy atom. The maximum absolute atomic E-state index is 11.7. The predicted molar refractivity (Wildman–Crippen MR) is 107 cm³/mol. The van der Waals surface area contributed by atoms with Crippen LogP contribution < -0.4 is 0 Å². The number of carbonyl (C=O) groups excluding carboxylic acids is 3. The molecule has 29 heavy (non-hydrogen) atoms. The Bertz CT molecular complexity index is 661. The lowest BCUT2D eigenvalue weighted by Crippen LogP contribution is -2.44. The van der Waals surface area contributed by atoms with E-state index in [2.05, 4.69) is 20.8 Å². The highest BCUT2D eigenvalue weighted by atomic mass is 28.4. The van der Waals surface area contributed by atoms with E-state index < -0.39 is 50.6 Å². The Hall–Kier alpha value is -1.71. The number of ether oxygens (including phenoxy) is 4. The standard InChI is InChI=1S/C20H32O8Si/c1-7-29(8-2,9-3)25-11-16-15(10-24-12(4)21)17(26-13(5)22)19-20(28-19)18(16)27-14(6)23/h17-20H,7-11H2,1-6H3/t17-,18-,19-,20+/m1/s1. The topological polar surface area (TPSA) is 101 Å². The second-order valence-corrected chi connectivity index (χ2v) is 12.3. The summed E-state index contributed by atoms with van der Waals surface area (Å²) in [6.07, 6.45) is -2.16. The highest BCUT2D eigenvalue weighted by Crippen LogP contribution is 2.44. The van der Waals surface area contributed by atoms with E-state index in [0.29, 0.717) is 11.1 Å². The maximum atomic E-state index is 11.7. The lowest BCUT2D eigenvalue weighted by molar-refractivity contribution is -0.149. The highest BCUT2D eigenvalue weighted by molar-refractivity contribution is 6.73. The minimum atomic E-state index is -1.94. The SMILES string of the molecule is CC[Si](CC)(CC)OCC1=C(COC(C)=O)[C@@H](OC(C)=O)[C@H]2O[C@H]2[C@@H]1OC(C)=O. The molecule has 0 amide bonds. The van der Waals surface area contributed by atoms with Gasteiger partial charge in [0, 0.05) is 31.9 Å². The van der Waals surface area contributed by atoms with Gasteiger partial charge in [-0.05, 0) is 18.1 Å². The van der Waals surface area contributed by atoms with E-state index in [-0.39, 0.29) is 13.2 Å². The molecule has 2 aliphatic rings. The van der Waals surface area contributed by atoms with E-state index in [9.17, 15) is 14.4 Å². The highest BCUT2D eigenvalue weighted by Gasteiger charge is 2.59. The Morgan fingerprint density at radius 3 is 1.62 bits per heavy atom. The first-order valence-corrected chi connectivity index (χ1v) is 12.7. The van der Waals surface area contributed by atoms with Gasteiger partial charge in [0.25, 0.3) is 0 Å². The monoisotopic (exact) mass is 428 g/mol. The maximum Gasteiger partial charge on any atom is 0.303 e. The summed E-state index contributed by atoms with van der Waals surface area (Å²) >= 11 is 0. The Labute approximate surface area is 173 Å². The molecule has 0 saturated carbocycles. The summed E-state index contributed by atoms with van der Waals surface area (Å²) < 4.78 is 28.4. The molecule has 2 rings (SSSR count). The van der Waals surface area contributed by atoms with Gasteiger partial charge in [-0.25, -0.2) is 0 Å². The third kappa shape index (κ3) is 5.67. The fourth-order valence-electron chi connectivity index (χ4n) is 3.84. The fraction of sp³-hybridized carbons (Fsp3) is 0.750. The van der Waals surface area contributed by atoms with Crippen LogP contribution in [0, 0.1) is 0 Å². The van der Waals surface area contributed by atoms with Crippen molar-refractivity contribution in [1.82, 2.24) is 0 Å². The zero-order chi connectivity index (χ0) is 21.8. The molecule has 1 fully saturated rings. The normalized spacial score (nSPS) is 25.9. The molecule has 164 valence electrons. The Kier molecular flexibility index (Phi) is 8.01. The van der Waals surface area contributed by atoms with E-state index in [1.807, 2.05) is 0 Å². The number of fused-ring (bicyclic) bond motifs is 1. The van der Waals surface area contributed by atoms with E-state index in [0.717, 1.165) is 18.1 Å². The molecule has 8 nitrogen and oxygen atoms in total. The van der Waals surface area contributed by atoms with Crippen molar-refractivity contribution in [3.8, 4) is 0 Å². The van der Waals surface area contributed by atoms with Gasteiger partial charge in [0.05, 0.1) is 6.61 Å². The van der Waals surface area contributed by atoms with Gasteiger partial charge < -0.3 is 23.4 Å². The van der Waals surface area contributed by atoms with Gasteiger partial charge in [-0.2, -0.15) is 0 Å². The zero-order valence-electron chi connectivity index (χ0n) is 18.1. The molecule has 4 atom stereocenters. The second-order valence-electron chi connectivity index (χ2n) is 7.49. The molecule has 0 aromatic carbocycles. The van der Waals surface area contributed by atoms with Crippen molar-refractivity contribution >= 4 is 26.2 Å². The number of hydrogen-bond acceptors (Lipinski definition) is 8. The average Bonchev–Trinajstić information content (AvgIpc) is 3.45. The van der Waals surface area contributed by atoms with Gasteiger partial charge in [0.1, 0.15) is 18.8 Å². The van der Waals surface area contributed by atoms with Crippen LogP contribution in [0.1, 0.15) is 41.5 Å². The lowest BCUT2D eigenvalue weighted by Gasteiger charge is -2.34. The molecule has 1 aliphatic heterocycles. The van der Waals surface area contributed by atoms with Gasteiger partial charge in [-0.3, -0.25) is 14.4 Å². The smallest absolute Gasteiger partial charge is 0.303 e. The minimum absolute atomic E-state index is 0.0742. The molecule has 1 aliphatic carbocycles. The van der Waals surface area contributed by atoms with Crippen LogP contribution in [0.25, 0.3) is 0 Å². The van der Waals surface area contributed by atoms with Crippen molar-refractivity contribution in [3.05, 3.63) is 11.1 Å². The molecule has 0 aromatic heterocycles. The lowest BCUT2D eigenvalue weighted by atomic mass is 9.87. The first-order valence-electron chi connectivity index (χ1n) is 10.2. The summed E-state index contributed by atoms with van der Waals surface area (Å²) in [5.74, 6) is -1.36. The summed E-state index contributed by atoms with van der Waals surface area (Å²) in [4.78, 5) is 34.8. The molecule has 0 bridgehead atoms. The van der Waals surface area contributed by atoms with Crippen molar-refractivity contribution in [1.29, 1.82) is 0 Å². The van der Waals surface area contributed by atoms with E-state index in [4.69, 9.17) is 23.4 Å². The molecule has 0 N–H and O–H groups in total. The largest absolute Gasteiger partial charge is 0.461 e. The van der Waals surface area contributed by atoms with Crippen LogP contribution >= 0.6 is 0 Å². The van der Waals surface area contributed by atoms with Gasteiger partial charge in [-0.1, -0.05) is 20.8 Å². The minimum Gasteiger partial charge on any atom is -0.461 e. The molecule has 0 radical (unpaired) electrons. The average molecular weight is 429 g/mol. The van der Waals surface area contributed by atoms with E-state index in [1.54, 1.807) is 0 Å². The van der Waals surface area contributed by atoms with Crippen LogP contribution in [0.4, 0.5) is 0 Å². The molecular formula is C20H32O8Si. The predicted octanol–water partition coefficient (Wildman–Crippen LogP) is 2.51. The van der Waals surface area contributed by atoms with Crippen LogP contribution in [0.5, 0.6) is 0 Å².